The van der Waals surface area contributed by atoms with E-state index < -0.39 is 11.5 Å². The van der Waals surface area contributed by atoms with Crippen LogP contribution in [0, 0.1) is 0 Å². The Morgan fingerprint density at radius 1 is 1.19 bits per heavy atom. The monoisotopic (exact) mass is 225 g/mol. The number of halogens is 2. The lowest BCUT2D eigenvalue weighted by Crippen LogP contribution is -2.35. The van der Waals surface area contributed by atoms with Crippen LogP contribution >= 0.6 is 0 Å². The van der Waals surface area contributed by atoms with Crippen LogP contribution in [0.3, 0.4) is 0 Å². The zero-order valence-electron chi connectivity index (χ0n) is 9.47. The lowest BCUT2D eigenvalue weighted by Gasteiger charge is -2.28. The molecule has 1 nitrogen and oxygen atoms in total. The van der Waals surface area contributed by atoms with Crippen molar-refractivity contribution in [1.82, 2.24) is 0 Å². The molecule has 0 bridgehead atoms. The minimum Gasteiger partial charge on any atom is -0.321 e. The fourth-order valence-electron chi connectivity index (χ4n) is 2.58. The third-order valence-electron chi connectivity index (χ3n) is 3.43. The van der Waals surface area contributed by atoms with E-state index in [9.17, 15) is 8.78 Å². The van der Waals surface area contributed by atoms with Crippen molar-refractivity contribution in [3.63, 3.8) is 0 Å². The van der Waals surface area contributed by atoms with Crippen LogP contribution in [0.25, 0.3) is 0 Å². The van der Waals surface area contributed by atoms with Gasteiger partial charge in [0.15, 0.2) is 0 Å². The second-order valence-corrected chi connectivity index (χ2v) is 4.80. The highest BCUT2D eigenvalue weighted by molar-refractivity contribution is 5.36. The van der Waals surface area contributed by atoms with Gasteiger partial charge in [0.25, 0.3) is 5.92 Å². The summed E-state index contributed by atoms with van der Waals surface area (Å²) in [5.74, 6) is -2.81. The lowest BCUT2D eigenvalue weighted by molar-refractivity contribution is 0.0153. The first-order chi connectivity index (χ1) is 7.43. The number of alkyl halides is 2. The zero-order valence-corrected chi connectivity index (χ0v) is 9.47. The molecule has 16 heavy (non-hydrogen) atoms. The Labute approximate surface area is 94.7 Å². The number of benzene rings is 1. The summed E-state index contributed by atoms with van der Waals surface area (Å²) in [6.07, 6.45) is 3.67. The first kappa shape index (κ1) is 11.5. The van der Waals surface area contributed by atoms with Gasteiger partial charge in [-0.3, -0.25) is 0 Å². The molecular formula is C13H17F2N. The van der Waals surface area contributed by atoms with Gasteiger partial charge < -0.3 is 5.73 Å². The second-order valence-electron chi connectivity index (χ2n) is 4.80. The maximum absolute atomic E-state index is 13.5. The third kappa shape index (κ3) is 1.96. The van der Waals surface area contributed by atoms with Crippen LogP contribution in [0.4, 0.5) is 8.78 Å². The minimum absolute atomic E-state index is 0.0828. The summed E-state index contributed by atoms with van der Waals surface area (Å²) < 4.78 is 27.0. The van der Waals surface area contributed by atoms with Gasteiger partial charge in [-0.1, -0.05) is 37.1 Å². The maximum atomic E-state index is 13.5. The largest absolute Gasteiger partial charge is 0.321 e. The minimum atomic E-state index is -2.81. The molecule has 0 aliphatic heterocycles. The molecule has 88 valence electrons. The van der Waals surface area contributed by atoms with Gasteiger partial charge >= 0.3 is 0 Å². The highest BCUT2D eigenvalue weighted by Crippen LogP contribution is 2.41. The molecule has 0 amide bonds. The Balaban J connectivity index is 2.48. The van der Waals surface area contributed by atoms with Gasteiger partial charge in [-0.25, -0.2) is 8.78 Å². The fraction of sp³-hybridized carbons (Fsp3) is 0.538. The summed E-state index contributed by atoms with van der Waals surface area (Å²) in [6.45, 7) is 0.935. The first-order valence-corrected chi connectivity index (χ1v) is 5.70. The number of hydrogen-bond donors (Lipinski definition) is 1. The van der Waals surface area contributed by atoms with Crippen molar-refractivity contribution in [2.24, 2.45) is 5.73 Å². The molecule has 2 rings (SSSR count). The van der Waals surface area contributed by atoms with Crippen molar-refractivity contribution in [2.75, 3.05) is 0 Å². The molecule has 0 aromatic heterocycles. The number of rotatable bonds is 2. The molecule has 1 aliphatic carbocycles. The molecule has 0 atom stereocenters. The van der Waals surface area contributed by atoms with E-state index in [4.69, 9.17) is 5.73 Å². The van der Waals surface area contributed by atoms with Crippen molar-refractivity contribution in [2.45, 2.75) is 44.1 Å². The number of hydrogen-bond acceptors (Lipinski definition) is 1. The summed E-state index contributed by atoms with van der Waals surface area (Å²) in [7, 11) is 0. The molecule has 0 heterocycles. The molecule has 1 aliphatic rings. The molecule has 1 fully saturated rings. The van der Waals surface area contributed by atoms with E-state index in [0.29, 0.717) is 5.56 Å². The second kappa shape index (κ2) is 3.81. The van der Waals surface area contributed by atoms with Crippen molar-refractivity contribution >= 4 is 0 Å². The molecule has 0 spiro atoms. The van der Waals surface area contributed by atoms with Crippen LogP contribution in [0.2, 0.25) is 0 Å². The summed E-state index contributed by atoms with van der Waals surface area (Å²) >= 11 is 0. The first-order valence-electron chi connectivity index (χ1n) is 5.70. The predicted octanol–water partition coefficient (Wildman–Crippen LogP) is 3.53. The van der Waals surface area contributed by atoms with Crippen molar-refractivity contribution in [3.8, 4) is 0 Å². The molecule has 1 saturated carbocycles. The standard InChI is InChI=1S/C13H17F2N/c1-12(14,15)10-6-2-3-7-11(10)13(16)8-4-5-9-13/h2-3,6-7H,4-5,8-9,16H2,1H3. The van der Waals surface area contributed by atoms with Crippen molar-refractivity contribution in [3.05, 3.63) is 35.4 Å². The van der Waals surface area contributed by atoms with Crippen molar-refractivity contribution < 1.29 is 8.78 Å². The lowest BCUT2D eigenvalue weighted by atomic mass is 9.84. The molecule has 0 unspecified atom stereocenters. The van der Waals surface area contributed by atoms with Gasteiger partial charge in [0, 0.05) is 18.0 Å². The highest BCUT2D eigenvalue weighted by atomic mass is 19.3. The van der Waals surface area contributed by atoms with Gasteiger partial charge in [-0.15, -0.1) is 0 Å². The third-order valence-corrected chi connectivity index (χ3v) is 3.43. The van der Waals surface area contributed by atoms with Crippen LogP contribution < -0.4 is 5.73 Å². The number of nitrogens with two attached hydrogens (primary N) is 1. The fourth-order valence-corrected chi connectivity index (χ4v) is 2.58. The molecular weight excluding hydrogens is 208 g/mol. The Hall–Kier alpha value is -0.960. The molecule has 0 saturated heterocycles. The van der Waals surface area contributed by atoms with Crippen molar-refractivity contribution in [1.29, 1.82) is 0 Å². The van der Waals surface area contributed by atoms with Gasteiger partial charge in [-0.2, -0.15) is 0 Å². The predicted molar refractivity (Wildman–Crippen MR) is 60.3 cm³/mol. The van der Waals surface area contributed by atoms with E-state index in [1.165, 1.54) is 6.07 Å². The zero-order chi connectivity index (χ0) is 11.8. The van der Waals surface area contributed by atoms with Crippen LogP contribution in [-0.2, 0) is 11.5 Å². The Morgan fingerprint density at radius 2 is 1.75 bits per heavy atom. The van der Waals surface area contributed by atoms with E-state index >= 15 is 0 Å². The van der Waals surface area contributed by atoms with E-state index in [1.54, 1.807) is 18.2 Å². The summed E-state index contributed by atoms with van der Waals surface area (Å²) in [6, 6.07) is 6.67. The van der Waals surface area contributed by atoms with Gasteiger partial charge in [-0.05, 0) is 18.4 Å². The molecule has 3 heteroatoms. The quantitative estimate of drug-likeness (QED) is 0.818. The Morgan fingerprint density at radius 3 is 2.31 bits per heavy atom. The summed E-state index contributed by atoms with van der Waals surface area (Å²) in [5, 5.41) is 0. The van der Waals surface area contributed by atoms with E-state index in [1.807, 2.05) is 0 Å². The smallest absolute Gasteiger partial charge is 0.270 e. The highest BCUT2D eigenvalue weighted by Gasteiger charge is 2.37. The van der Waals surface area contributed by atoms with Crippen LogP contribution in [0.15, 0.2) is 24.3 Å². The van der Waals surface area contributed by atoms with E-state index in [0.717, 1.165) is 32.6 Å². The Bertz CT molecular complexity index is 376. The van der Waals surface area contributed by atoms with E-state index in [-0.39, 0.29) is 5.56 Å². The van der Waals surface area contributed by atoms with Crippen LogP contribution in [0.1, 0.15) is 43.7 Å². The SMILES string of the molecule is CC(F)(F)c1ccccc1C1(N)CCCC1. The van der Waals surface area contributed by atoms with Crippen LogP contribution in [-0.4, -0.2) is 0 Å². The summed E-state index contributed by atoms with van der Waals surface area (Å²) in [4.78, 5) is 0. The van der Waals surface area contributed by atoms with Gasteiger partial charge in [0.2, 0.25) is 0 Å². The average molecular weight is 225 g/mol. The maximum Gasteiger partial charge on any atom is 0.270 e. The van der Waals surface area contributed by atoms with Crippen LogP contribution in [0.5, 0.6) is 0 Å². The average Bonchev–Trinajstić information content (AvgIpc) is 2.65. The van der Waals surface area contributed by atoms with Gasteiger partial charge in [0.1, 0.15) is 0 Å². The Kier molecular flexibility index (Phi) is 2.74. The summed E-state index contributed by atoms with van der Waals surface area (Å²) in [5.41, 5.74) is 6.41. The molecule has 2 N–H and O–H groups in total. The molecule has 0 radical (unpaired) electrons. The van der Waals surface area contributed by atoms with Gasteiger partial charge in [0.05, 0.1) is 0 Å². The topological polar surface area (TPSA) is 26.0 Å². The normalized spacial score (nSPS) is 20.0. The molecule has 1 aromatic rings. The van der Waals surface area contributed by atoms with E-state index in [2.05, 4.69) is 0 Å². The molecule has 1 aromatic carbocycles.